The quantitative estimate of drug-likeness (QED) is 0.539. The monoisotopic (exact) mass is 394 g/mol. The van der Waals surface area contributed by atoms with Gasteiger partial charge in [-0.15, -0.1) is 0 Å². The third kappa shape index (κ3) is 3.43. The van der Waals surface area contributed by atoms with Crippen LogP contribution in [0.2, 0.25) is 0 Å². The largest absolute Gasteiger partial charge is 0.462 e. The van der Waals surface area contributed by atoms with E-state index < -0.39 is 0 Å². The molecule has 3 heterocycles. The molecule has 2 aliphatic carbocycles. The Kier molecular flexibility index (Phi) is 5.01. The SMILES string of the molecule is C=C1CCC[C@]2(C)C[C@H]3OC(=O)[C@@H](CN4CCCC[C@@H]4c4cccnc4)[C@H]3C[C@@H]12. The van der Waals surface area contributed by atoms with Crippen molar-refractivity contribution in [3.8, 4) is 0 Å². The van der Waals surface area contributed by atoms with Gasteiger partial charge in [-0.25, -0.2) is 0 Å². The second kappa shape index (κ2) is 7.54. The molecule has 6 atom stereocenters. The van der Waals surface area contributed by atoms with Crippen molar-refractivity contribution in [2.24, 2.45) is 23.2 Å². The first-order chi connectivity index (χ1) is 14.0. The van der Waals surface area contributed by atoms with Gasteiger partial charge in [-0.05, 0) is 74.5 Å². The number of allylic oxidation sites excluding steroid dienone is 1. The topological polar surface area (TPSA) is 42.4 Å². The van der Waals surface area contributed by atoms with E-state index in [1.54, 1.807) is 0 Å². The zero-order valence-corrected chi connectivity index (χ0v) is 17.7. The third-order valence-corrected chi connectivity index (χ3v) is 8.43. The normalized spacial score (nSPS) is 40.2. The predicted molar refractivity (Wildman–Crippen MR) is 113 cm³/mol. The average Bonchev–Trinajstić information content (AvgIpc) is 3.01. The number of ether oxygens (including phenoxy) is 1. The lowest BCUT2D eigenvalue weighted by Gasteiger charge is -2.50. The van der Waals surface area contributed by atoms with E-state index in [1.165, 1.54) is 36.8 Å². The van der Waals surface area contributed by atoms with Crippen LogP contribution < -0.4 is 0 Å². The van der Waals surface area contributed by atoms with E-state index in [0.717, 1.165) is 38.8 Å². The maximum Gasteiger partial charge on any atom is 0.310 e. The summed E-state index contributed by atoms with van der Waals surface area (Å²) in [5.74, 6) is 0.969. The van der Waals surface area contributed by atoms with E-state index in [0.29, 0.717) is 17.9 Å². The number of pyridine rings is 1. The average molecular weight is 395 g/mol. The third-order valence-electron chi connectivity index (χ3n) is 8.43. The Labute approximate surface area is 174 Å². The molecule has 2 saturated heterocycles. The van der Waals surface area contributed by atoms with E-state index in [9.17, 15) is 4.79 Å². The molecule has 29 heavy (non-hydrogen) atoms. The van der Waals surface area contributed by atoms with E-state index >= 15 is 0 Å². The fourth-order valence-corrected chi connectivity index (χ4v) is 6.88. The molecule has 5 rings (SSSR count). The molecule has 0 unspecified atom stereocenters. The predicted octanol–water partition coefficient (Wildman–Crippen LogP) is 4.92. The van der Waals surface area contributed by atoms with Crippen LogP contribution in [0.25, 0.3) is 0 Å². The number of rotatable bonds is 3. The number of esters is 1. The molecule has 4 fully saturated rings. The van der Waals surface area contributed by atoms with Crippen molar-refractivity contribution < 1.29 is 9.53 Å². The Hall–Kier alpha value is -1.68. The summed E-state index contributed by atoms with van der Waals surface area (Å²) in [6, 6.07) is 4.59. The number of nitrogens with zero attached hydrogens (tertiary/aromatic N) is 2. The van der Waals surface area contributed by atoms with Crippen molar-refractivity contribution in [1.82, 2.24) is 9.88 Å². The minimum absolute atomic E-state index is 0.0107. The molecule has 2 saturated carbocycles. The standard InChI is InChI=1S/C25H34N2O2/c1-17-7-5-10-25(2)14-23-19(13-21(17)25)20(24(28)29-23)16-27-12-4-3-9-22(27)18-8-6-11-26-15-18/h6,8,11,15,19-23H,1,3-5,7,9-10,12-14,16H2,2H3/t19-,20+,21+,22-,23-,25-/m1/s1. The zero-order valence-electron chi connectivity index (χ0n) is 17.7. The highest BCUT2D eigenvalue weighted by molar-refractivity contribution is 5.75. The first kappa shape index (κ1) is 19.3. The van der Waals surface area contributed by atoms with Crippen LogP contribution >= 0.6 is 0 Å². The van der Waals surface area contributed by atoms with Gasteiger partial charge in [-0.1, -0.05) is 31.6 Å². The zero-order chi connectivity index (χ0) is 20.0. The number of hydrogen-bond acceptors (Lipinski definition) is 4. The molecule has 4 nitrogen and oxygen atoms in total. The van der Waals surface area contributed by atoms with E-state index in [2.05, 4.69) is 29.5 Å². The van der Waals surface area contributed by atoms with E-state index in [-0.39, 0.29) is 23.4 Å². The maximum absolute atomic E-state index is 13.0. The molecule has 156 valence electrons. The second-order valence-electron chi connectivity index (χ2n) is 10.2. The molecule has 0 radical (unpaired) electrons. The number of carbonyl (C=O) groups is 1. The molecule has 0 amide bonds. The Morgan fingerprint density at radius 2 is 2.24 bits per heavy atom. The van der Waals surface area contributed by atoms with Crippen molar-refractivity contribution in [2.75, 3.05) is 13.1 Å². The van der Waals surface area contributed by atoms with Crippen molar-refractivity contribution in [3.05, 3.63) is 42.2 Å². The Balaban J connectivity index is 1.35. The smallest absolute Gasteiger partial charge is 0.310 e. The molecule has 4 aliphatic rings. The Morgan fingerprint density at radius 1 is 1.34 bits per heavy atom. The van der Waals surface area contributed by atoms with Crippen LogP contribution in [0.3, 0.4) is 0 Å². The van der Waals surface area contributed by atoms with Gasteiger partial charge in [0.25, 0.3) is 0 Å². The van der Waals surface area contributed by atoms with Crippen LogP contribution in [-0.4, -0.2) is 35.0 Å². The summed E-state index contributed by atoms with van der Waals surface area (Å²) < 4.78 is 6.00. The minimum Gasteiger partial charge on any atom is -0.462 e. The molecule has 1 aromatic rings. The second-order valence-corrected chi connectivity index (χ2v) is 10.2. The van der Waals surface area contributed by atoms with Crippen molar-refractivity contribution >= 4 is 5.97 Å². The highest BCUT2D eigenvalue weighted by Crippen LogP contribution is 2.57. The van der Waals surface area contributed by atoms with Crippen LogP contribution in [0.1, 0.15) is 69.9 Å². The first-order valence-electron chi connectivity index (χ1n) is 11.6. The lowest BCUT2D eigenvalue weighted by Crippen LogP contribution is -2.46. The minimum atomic E-state index is 0.0107. The van der Waals surface area contributed by atoms with Crippen molar-refractivity contribution in [2.45, 2.75) is 70.4 Å². The first-order valence-corrected chi connectivity index (χ1v) is 11.6. The molecule has 0 N–H and O–H groups in total. The van der Waals surface area contributed by atoms with Crippen LogP contribution in [0.5, 0.6) is 0 Å². The summed E-state index contributed by atoms with van der Waals surface area (Å²) in [5, 5.41) is 0. The number of piperidine rings is 1. The molecule has 1 aromatic heterocycles. The van der Waals surface area contributed by atoms with Crippen LogP contribution in [0, 0.1) is 23.2 Å². The maximum atomic E-state index is 13.0. The van der Waals surface area contributed by atoms with Gasteiger partial charge in [0.15, 0.2) is 0 Å². The number of aromatic nitrogens is 1. The van der Waals surface area contributed by atoms with Gasteiger partial charge in [0.2, 0.25) is 0 Å². The van der Waals surface area contributed by atoms with Gasteiger partial charge >= 0.3 is 5.97 Å². The number of carbonyl (C=O) groups excluding carboxylic acids is 1. The van der Waals surface area contributed by atoms with Gasteiger partial charge in [-0.2, -0.15) is 0 Å². The summed E-state index contributed by atoms with van der Waals surface area (Å²) in [4.78, 5) is 19.8. The number of fused-ring (bicyclic) bond motifs is 2. The van der Waals surface area contributed by atoms with E-state index in [4.69, 9.17) is 4.74 Å². The van der Waals surface area contributed by atoms with Crippen LogP contribution in [-0.2, 0) is 9.53 Å². The fourth-order valence-electron chi connectivity index (χ4n) is 6.88. The molecular formula is C25H34N2O2. The summed E-state index contributed by atoms with van der Waals surface area (Å²) in [5.41, 5.74) is 2.98. The van der Waals surface area contributed by atoms with Crippen molar-refractivity contribution in [1.29, 1.82) is 0 Å². The lowest BCUT2D eigenvalue weighted by atomic mass is 9.55. The Morgan fingerprint density at radius 3 is 3.07 bits per heavy atom. The summed E-state index contributed by atoms with van der Waals surface area (Å²) in [6.45, 7) is 8.72. The molecular weight excluding hydrogens is 360 g/mol. The lowest BCUT2D eigenvalue weighted by molar-refractivity contribution is -0.146. The summed E-state index contributed by atoms with van der Waals surface area (Å²) >= 11 is 0. The molecule has 0 bridgehead atoms. The Bertz CT molecular complexity index is 778. The highest BCUT2D eigenvalue weighted by Gasteiger charge is 2.55. The van der Waals surface area contributed by atoms with Gasteiger partial charge in [0.05, 0.1) is 5.92 Å². The summed E-state index contributed by atoms with van der Waals surface area (Å²) in [6.07, 6.45) is 13.3. The number of hydrogen-bond donors (Lipinski definition) is 0. The van der Waals surface area contributed by atoms with Crippen molar-refractivity contribution in [3.63, 3.8) is 0 Å². The van der Waals surface area contributed by atoms with Crippen LogP contribution in [0.15, 0.2) is 36.7 Å². The molecule has 2 aliphatic heterocycles. The molecule has 0 spiro atoms. The van der Waals surface area contributed by atoms with Crippen LogP contribution in [0.4, 0.5) is 0 Å². The van der Waals surface area contributed by atoms with Gasteiger partial charge in [0, 0.05) is 30.9 Å². The van der Waals surface area contributed by atoms with Gasteiger partial charge in [-0.3, -0.25) is 14.7 Å². The highest BCUT2D eigenvalue weighted by atomic mass is 16.6. The van der Waals surface area contributed by atoms with E-state index in [1.807, 2.05) is 18.5 Å². The molecule has 4 heteroatoms. The van der Waals surface area contributed by atoms with Gasteiger partial charge < -0.3 is 4.74 Å². The van der Waals surface area contributed by atoms with Gasteiger partial charge in [0.1, 0.15) is 6.10 Å². The molecule has 0 aromatic carbocycles. The summed E-state index contributed by atoms with van der Waals surface area (Å²) in [7, 11) is 0. The fraction of sp³-hybridized carbons (Fsp3) is 0.680. The number of likely N-dealkylation sites (tertiary alicyclic amines) is 1.